The lowest BCUT2D eigenvalue weighted by Crippen LogP contribution is -2.05. The molecule has 2 N–H and O–H groups in total. The number of amides is 1. The monoisotopic (exact) mass is 319 g/mol. The highest BCUT2D eigenvalue weighted by Crippen LogP contribution is 2.27. The van der Waals surface area contributed by atoms with Crippen LogP contribution >= 0.6 is 11.8 Å². The quantitative estimate of drug-likeness (QED) is 0.821. The summed E-state index contributed by atoms with van der Waals surface area (Å²) in [5, 5.41) is 12.9. The molecule has 1 atom stereocenters. The van der Waals surface area contributed by atoms with Crippen molar-refractivity contribution < 1.29 is 14.3 Å². The minimum Gasteiger partial charge on any atom is -0.388 e. The highest BCUT2D eigenvalue weighted by Gasteiger charge is 2.11. The Morgan fingerprint density at radius 2 is 1.95 bits per heavy atom. The Labute approximate surface area is 133 Å². The molecule has 0 fully saturated rings. The molecule has 0 radical (unpaired) electrons. The Morgan fingerprint density at radius 1 is 1.27 bits per heavy atom. The van der Waals surface area contributed by atoms with Gasteiger partial charge in [0.2, 0.25) is 5.91 Å². The number of hydrogen-bond acceptors (Lipinski definition) is 3. The number of hydrogen-bond donors (Lipinski definition) is 2. The number of thioether (sulfide) groups is 1. The maximum Gasteiger partial charge on any atom is 0.221 e. The van der Waals surface area contributed by atoms with Gasteiger partial charge in [-0.3, -0.25) is 4.79 Å². The number of aryl methyl sites for hydroxylation is 1. The molecular formula is C17H18FNO2S. The maximum absolute atomic E-state index is 13.1. The first-order valence-corrected chi connectivity index (χ1v) is 7.89. The Hall–Kier alpha value is -1.85. The van der Waals surface area contributed by atoms with E-state index in [1.807, 2.05) is 24.3 Å². The van der Waals surface area contributed by atoms with Gasteiger partial charge in [-0.2, -0.15) is 0 Å². The summed E-state index contributed by atoms with van der Waals surface area (Å²) in [6.07, 6.45) is -0.652. The van der Waals surface area contributed by atoms with Gasteiger partial charge in [-0.25, -0.2) is 4.39 Å². The minimum absolute atomic E-state index is 0.109. The number of carbonyl (C=O) groups is 1. The van der Waals surface area contributed by atoms with Crippen LogP contribution in [-0.2, 0) is 4.79 Å². The Kier molecular flexibility index (Phi) is 5.57. The van der Waals surface area contributed by atoms with Crippen molar-refractivity contribution in [3.63, 3.8) is 0 Å². The summed E-state index contributed by atoms with van der Waals surface area (Å²) in [6, 6.07) is 11.8. The zero-order valence-electron chi connectivity index (χ0n) is 12.5. The number of anilines is 1. The molecule has 2 aromatic rings. The van der Waals surface area contributed by atoms with Crippen LogP contribution in [0.15, 0.2) is 47.4 Å². The topological polar surface area (TPSA) is 49.3 Å². The fraction of sp³-hybridized carbons (Fsp3) is 0.235. The van der Waals surface area contributed by atoms with E-state index in [0.29, 0.717) is 5.75 Å². The normalized spacial score (nSPS) is 12.0. The van der Waals surface area contributed by atoms with Gasteiger partial charge in [-0.15, -0.1) is 11.8 Å². The number of aliphatic hydroxyl groups excluding tert-OH is 1. The summed E-state index contributed by atoms with van der Waals surface area (Å²) < 4.78 is 13.1. The third kappa shape index (κ3) is 4.58. The molecule has 0 spiro atoms. The fourth-order valence-electron chi connectivity index (χ4n) is 2.12. The van der Waals surface area contributed by atoms with Crippen molar-refractivity contribution in [3.05, 3.63) is 59.4 Å². The summed E-state index contributed by atoms with van der Waals surface area (Å²) in [4.78, 5) is 11.9. The third-order valence-corrected chi connectivity index (χ3v) is 4.26. The molecule has 5 heteroatoms. The van der Waals surface area contributed by atoms with Gasteiger partial charge >= 0.3 is 0 Å². The number of rotatable bonds is 5. The summed E-state index contributed by atoms with van der Waals surface area (Å²) in [5.74, 6) is 0.0728. The predicted octanol–water partition coefficient (Wildman–Crippen LogP) is 3.92. The zero-order valence-corrected chi connectivity index (χ0v) is 13.3. The third-order valence-electron chi connectivity index (χ3n) is 3.17. The first kappa shape index (κ1) is 16.5. The van der Waals surface area contributed by atoms with Gasteiger partial charge in [0, 0.05) is 23.3 Å². The van der Waals surface area contributed by atoms with Crippen molar-refractivity contribution in [2.24, 2.45) is 0 Å². The number of benzene rings is 2. The van der Waals surface area contributed by atoms with E-state index >= 15 is 0 Å². The fourth-order valence-corrected chi connectivity index (χ4v) is 2.97. The van der Waals surface area contributed by atoms with Crippen molar-refractivity contribution >= 4 is 23.4 Å². The number of carbonyl (C=O) groups excluding carboxylic acids is 1. The molecule has 0 aliphatic carbocycles. The van der Waals surface area contributed by atoms with Crippen LogP contribution in [0.4, 0.5) is 10.1 Å². The molecule has 1 unspecified atom stereocenters. The van der Waals surface area contributed by atoms with Crippen molar-refractivity contribution in [1.29, 1.82) is 0 Å². The molecule has 0 aliphatic rings. The molecule has 1 amide bonds. The van der Waals surface area contributed by atoms with E-state index in [1.54, 1.807) is 13.0 Å². The SMILES string of the molecule is CC(=O)Nc1ccc(SCC(O)c2ccc(F)cc2C)cc1. The molecule has 0 bridgehead atoms. The predicted molar refractivity (Wildman–Crippen MR) is 87.6 cm³/mol. The number of nitrogens with one attached hydrogen (secondary N) is 1. The summed E-state index contributed by atoms with van der Waals surface area (Å²) >= 11 is 1.51. The minimum atomic E-state index is -0.652. The molecular weight excluding hydrogens is 301 g/mol. The Bertz CT molecular complexity index is 658. The van der Waals surface area contributed by atoms with E-state index in [1.165, 1.54) is 30.8 Å². The zero-order chi connectivity index (χ0) is 16.1. The molecule has 3 nitrogen and oxygen atoms in total. The van der Waals surface area contributed by atoms with Gasteiger partial charge in [0.15, 0.2) is 0 Å². The molecule has 0 saturated carbocycles. The molecule has 0 saturated heterocycles. The van der Waals surface area contributed by atoms with Crippen LogP contribution in [0.25, 0.3) is 0 Å². The lowest BCUT2D eigenvalue weighted by atomic mass is 10.0. The van der Waals surface area contributed by atoms with Crippen LogP contribution in [0.3, 0.4) is 0 Å². The summed E-state index contributed by atoms with van der Waals surface area (Å²) in [7, 11) is 0. The highest BCUT2D eigenvalue weighted by molar-refractivity contribution is 7.99. The van der Waals surface area contributed by atoms with Crippen LogP contribution in [0.5, 0.6) is 0 Å². The van der Waals surface area contributed by atoms with E-state index < -0.39 is 6.10 Å². The van der Waals surface area contributed by atoms with Crippen molar-refractivity contribution in [1.82, 2.24) is 0 Å². The van der Waals surface area contributed by atoms with Crippen LogP contribution in [0, 0.1) is 12.7 Å². The van der Waals surface area contributed by atoms with Gasteiger partial charge < -0.3 is 10.4 Å². The Morgan fingerprint density at radius 3 is 2.55 bits per heavy atom. The number of aliphatic hydroxyl groups is 1. The summed E-state index contributed by atoms with van der Waals surface area (Å²) in [5.41, 5.74) is 2.23. The van der Waals surface area contributed by atoms with E-state index in [4.69, 9.17) is 0 Å². The molecule has 116 valence electrons. The van der Waals surface area contributed by atoms with Gasteiger partial charge in [0.25, 0.3) is 0 Å². The smallest absolute Gasteiger partial charge is 0.221 e. The van der Waals surface area contributed by atoms with Crippen molar-refractivity contribution in [2.45, 2.75) is 24.8 Å². The lowest BCUT2D eigenvalue weighted by Gasteiger charge is -2.13. The first-order chi connectivity index (χ1) is 10.5. The molecule has 22 heavy (non-hydrogen) atoms. The molecule has 0 heterocycles. The van der Waals surface area contributed by atoms with E-state index in [-0.39, 0.29) is 11.7 Å². The second kappa shape index (κ2) is 7.42. The molecule has 0 aliphatic heterocycles. The second-order valence-electron chi connectivity index (χ2n) is 5.03. The first-order valence-electron chi connectivity index (χ1n) is 6.90. The largest absolute Gasteiger partial charge is 0.388 e. The maximum atomic E-state index is 13.1. The van der Waals surface area contributed by atoms with Crippen LogP contribution in [0.2, 0.25) is 0 Å². The van der Waals surface area contributed by atoms with Crippen LogP contribution in [-0.4, -0.2) is 16.8 Å². The van der Waals surface area contributed by atoms with Crippen LogP contribution < -0.4 is 5.32 Å². The van der Waals surface area contributed by atoms with E-state index in [9.17, 15) is 14.3 Å². The molecule has 0 aromatic heterocycles. The standard InChI is InChI=1S/C17H18FNO2S/c1-11-9-13(18)3-8-16(11)17(21)10-22-15-6-4-14(5-7-15)19-12(2)20/h3-9,17,21H,10H2,1-2H3,(H,19,20). The van der Waals surface area contributed by atoms with Gasteiger partial charge in [0.05, 0.1) is 6.10 Å². The van der Waals surface area contributed by atoms with Gasteiger partial charge in [0.1, 0.15) is 5.82 Å². The number of halogens is 1. The van der Waals surface area contributed by atoms with Crippen LogP contribution in [0.1, 0.15) is 24.2 Å². The average molecular weight is 319 g/mol. The lowest BCUT2D eigenvalue weighted by molar-refractivity contribution is -0.114. The van der Waals surface area contributed by atoms with Gasteiger partial charge in [-0.1, -0.05) is 6.07 Å². The summed E-state index contributed by atoms with van der Waals surface area (Å²) in [6.45, 7) is 3.25. The van der Waals surface area contributed by atoms with E-state index in [0.717, 1.165) is 21.7 Å². The van der Waals surface area contributed by atoms with Crippen molar-refractivity contribution in [3.8, 4) is 0 Å². The van der Waals surface area contributed by atoms with E-state index in [2.05, 4.69) is 5.32 Å². The highest BCUT2D eigenvalue weighted by atomic mass is 32.2. The molecule has 2 rings (SSSR count). The van der Waals surface area contributed by atoms with Crippen molar-refractivity contribution in [2.75, 3.05) is 11.1 Å². The average Bonchev–Trinajstić information content (AvgIpc) is 2.45. The molecule has 2 aromatic carbocycles. The second-order valence-corrected chi connectivity index (χ2v) is 6.13. The Balaban J connectivity index is 1.95. The van der Waals surface area contributed by atoms with Gasteiger partial charge in [-0.05, 0) is 54.4 Å².